The third kappa shape index (κ3) is 6.63. The summed E-state index contributed by atoms with van der Waals surface area (Å²) in [4.78, 5) is 25.6. The van der Waals surface area contributed by atoms with Gasteiger partial charge in [-0.1, -0.05) is 53.4 Å². The summed E-state index contributed by atoms with van der Waals surface area (Å²) >= 11 is 0. The van der Waals surface area contributed by atoms with Gasteiger partial charge in [0, 0.05) is 18.8 Å². The highest BCUT2D eigenvalue weighted by atomic mass is 16.2. The SMILES string of the molecule is CC(C)CC(CCCCCCn1c(=O)cc[nH]c1=O)C(C)C. The van der Waals surface area contributed by atoms with Crippen molar-refractivity contribution in [3.63, 3.8) is 0 Å². The van der Waals surface area contributed by atoms with E-state index in [0.29, 0.717) is 6.54 Å². The number of hydrogen-bond donors (Lipinski definition) is 1. The maximum Gasteiger partial charge on any atom is 0.328 e. The third-order valence-electron chi connectivity index (χ3n) is 4.37. The lowest BCUT2D eigenvalue weighted by atomic mass is 9.84. The van der Waals surface area contributed by atoms with Crippen LogP contribution < -0.4 is 11.2 Å². The monoisotopic (exact) mass is 308 g/mol. The highest BCUT2D eigenvalue weighted by Gasteiger charge is 2.14. The Morgan fingerprint density at radius 1 is 1.05 bits per heavy atom. The fourth-order valence-electron chi connectivity index (χ4n) is 3.02. The molecule has 0 aromatic carbocycles. The van der Waals surface area contributed by atoms with Gasteiger partial charge in [-0.3, -0.25) is 9.36 Å². The van der Waals surface area contributed by atoms with Crippen molar-refractivity contribution in [3.05, 3.63) is 33.1 Å². The Morgan fingerprint density at radius 3 is 2.32 bits per heavy atom. The van der Waals surface area contributed by atoms with Crippen LogP contribution in [0.4, 0.5) is 0 Å². The zero-order chi connectivity index (χ0) is 16.5. The Labute approximate surface area is 134 Å². The van der Waals surface area contributed by atoms with E-state index in [-0.39, 0.29) is 11.2 Å². The molecule has 0 saturated heterocycles. The molecule has 0 saturated carbocycles. The molecule has 1 atom stereocenters. The van der Waals surface area contributed by atoms with E-state index in [0.717, 1.165) is 30.6 Å². The summed E-state index contributed by atoms with van der Waals surface area (Å²) in [5.74, 6) is 2.34. The average molecular weight is 308 g/mol. The Hall–Kier alpha value is -1.32. The molecule has 0 fully saturated rings. The molecule has 1 unspecified atom stereocenters. The van der Waals surface area contributed by atoms with Crippen molar-refractivity contribution >= 4 is 0 Å². The molecule has 4 heteroatoms. The van der Waals surface area contributed by atoms with E-state index < -0.39 is 0 Å². The van der Waals surface area contributed by atoms with Crippen molar-refractivity contribution in [1.29, 1.82) is 0 Å². The van der Waals surface area contributed by atoms with Crippen LogP contribution in [0.15, 0.2) is 21.9 Å². The van der Waals surface area contributed by atoms with Gasteiger partial charge in [0.1, 0.15) is 0 Å². The Kier molecular flexibility index (Phi) is 8.21. The van der Waals surface area contributed by atoms with Gasteiger partial charge in [0.25, 0.3) is 5.56 Å². The minimum Gasteiger partial charge on any atom is -0.314 e. The van der Waals surface area contributed by atoms with E-state index in [1.807, 2.05) is 0 Å². The number of hydrogen-bond acceptors (Lipinski definition) is 2. The van der Waals surface area contributed by atoms with Crippen LogP contribution in [0.2, 0.25) is 0 Å². The van der Waals surface area contributed by atoms with Crippen molar-refractivity contribution < 1.29 is 0 Å². The van der Waals surface area contributed by atoms with Crippen molar-refractivity contribution in [1.82, 2.24) is 9.55 Å². The first kappa shape index (κ1) is 18.7. The molecule has 126 valence electrons. The number of rotatable bonds is 10. The van der Waals surface area contributed by atoms with Crippen LogP contribution >= 0.6 is 0 Å². The molecule has 1 N–H and O–H groups in total. The predicted molar refractivity (Wildman–Crippen MR) is 92.2 cm³/mol. The van der Waals surface area contributed by atoms with Gasteiger partial charge in [0.2, 0.25) is 0 Å². The van der Waals surface area contributed by atoms with Crippen LogP contribution in [0.5, 0.6) is 0 Å². The molecule has 0 spiro atoms. The van der Waals surface area contributed by atoms with Gasteiger partial charge in [-0.25, -0.2) is 4.79 Å². The molecule has 22 heavy (non-hydrogen) atoms. The molecule has 4 nitrogen and oxygen atoms in total. The standard InChI is InChI=1S/C18H32N2O2/c1-14(2)13-16(15(3)4)9-7-5-6-8-12-20-17(21)10-11-19-18(20)22/h10-11,14-16H,5-9,12-13H2,1-4H3,(H,19,22). The second-order valence-electron chi connectivity index (χ2n) is 7.11. The molecule has 1 aromatic rings. The van der Waals surface area contributed by atoms with Gasteiger partial charge in [0.05, 0.1) is 0 Å². The van der Waals surface area contributed by atoms with E-state index in [2.05, 4.69) is 32.7 Å². The first-order chi connectivity index (χ1) is 10.4. The summed E-state index contributed by atoms with van der Waals surface area (Å²) in [6.45, 7) is 9.76. The summed E-state index contributed by atoms with van der Waals surface area (Å²) in [7, 11) is 0. The van der Waals surface area contributed by atoms with Crippen LogP contribution in [0, 0.1) is 17.8 Å². The van der Waals surface area contributed by atoms with Gasteiger partial charge in [-0.15, -0.1) is 0 Å². The number of nitrogens with one attached hydrogen (secondary N) is 1. The van der Waals surface area contributed by atoms with Crippen molar-refractivity contribution in [2.75, 3.05) is 0 Å². The molecular formula is C18H32N2O2. The van der Waals surface area contributed by atoms with Crippen LogP contribution in [0.25, 0.3) is 0 Å². The molecule has 0 radical (unpaired) electrons. The summed E-state index contributed by atoms with van der Waals surface area (Å²) < 4.78 is 1.29. The molecular weight excluding hydrogens is 276 g/mol. The maximum absolute atomic E-state index is 11.6. The van der Waals surface area contributed by atoms with Crippen molar-refractivity contribution in [2.45, 2.75) is 72.8 Å². The Balaban J connectivity index is 2.25. The van der Waals surface area contributed by atoms with E-state index >= 15 is 0 Å². The van der Waals surface area contributed by atoms with Crippen molar-refractivity contribution in [2.24, 2.45) is 17.8 Å². The third-order valence-corrected chi connectivity index (χ3v) is 4.37. The second-order valence-corrected chi connectivity index (χ2v) is 7.11. The van der Waals surface area contributed by atoms with Gasteiger partial charge >= 0.3 is 5.69 Å². The summed E-state index contributed by atoms with van der Waals surface area (Å²) in [5, 5.41) is 0. The molecule has 0 aliphatic heterocycles. The molecule has 0 aliphatic rings. The number of nitrogens with zero attached hydrogens (tertiary/aromatic N) is 1. The van der Waals surface area contributed by atoms with Gasteiger partial charge in [-0.2, -0.15) is 0 Å². The van der Waals surface area contributed by atoms with E-state index in [1.54, 1.807) is 0 Å². The van der Waals surface area contributed by atoms with E-state index in [9.17, 15) is 9.59 Å². The number of aromatic amines is 1. The van der Waals surface area contributed by atoms with Gasteiger partial charge < -0.3 is 4.98 Å². The molecule has 0 amide bonds. The highest BCUT2D eigenvalue weighted by molar-refractivity contribution is 4.82. The van der Waals surface area contributed by atoms with Gasteiger partial charge in [-0.05, 0) is 30.6 Å². The zero-order valence-corrected chi connectivity index (χ0v) is 14.6. The van der Waals surface area contributed by atoms with E-state index in [1.165, 1.54) is 42.5 Å². The lowest BCUT2D eigenvalue weighted by molar-refractivity contribution is 0.289. The Morgan fingerprint density at radius 2 is 1.73 bits per heavy atom. The smallest absolute Gasteiger partial charge is 0.314 e. The van der Waals surface area contributed by atoms with Crippen LogP contribution in [-0.2, 0) is 6.54 Å². The minimum absolute atomic E-state index is 0.208. The molecule has 1 rings (SSSR count). The quantitative estimate of drug-likeness (QED) is 0.668. The lowest BCUT2D eigenvalue weighted by Crippen LogP contribution is -2.33. The molecule has 0 aliphatic carbocycles. The van der Waals surface area contributed by atoms with E-state index in [4.69, 9.17) is 0 Å². The largest absolute Gasteiger partial charge is 0.328 e. The predicted octanol–water partition coefficient (Wildman–Crippen LogP) is 3.81. The first-order valence-electron chi connectivity index (χ1n) is 8.70. The summed E-state index contributed by atoms with van der Waals surface area (Å²) in [6, 6.07) is 1.40. The molecule has 1 aromatic heterocycles. The maximum atomic E-state index is 11.6. The molecule has 0 bridgehead atoms. The normalized spacial score (nSPS) is 13.0. The fourth-order valence-corrected chi connectivity index (χ4v) is 3.02. The topological polar surface area (TPSA) is 54.9 Å². The number of unbranched alkanes of at least 4 members (excludes halogenated alkanes) is 3. The fraction of sp³-hybridized carbons (Fsp3) is 0.778. The van der Waals surface area contributed by atoms with Crippen LogP contribution in [0.3, 0.4) is 0 Å². The Bertz CT molecular complexity index is 500. The highest BCUT2D eigenvalue weighted by Crippen LogP contribution is 2.25. The zero-order valence-electron chi connectivity index (χ0n) is 14.6. The lowest BCUT2D eigenvalue weighted by Gasteiger charge is -2.22. The average Bonchev–Trinajstić information content (AvgIpc) is 2.43. The summed E-state index contributed by atoms with van der Waals surface area (Å²) in [5.41, 5.74) is -0.509. The van der Waals surface area contributed by atoms with Crippen LogP contribution in [-0.4, -0.2) is 9.55 Å². The van der Waals surface area contributed by atoms with Crippen molar-refractivity contribution in [3.8, 4) is 0 Å². The second kappa shape index (κ2) is 9.65. The van der Waals surface area contributed by atoms with Gasteiger partial charge in [0.15, 0.2) is 0 Å². The molecule has 1 heterocycles. The number of H-pyrrole nitrogens is 1. The summed E-state index contributed by atoms with van der Waals surface area (Å²) in [6.07, 6.45) is 8.41. The minimum atomic E-state index is -0.302. The first-order valence-corrected chi connectivity index (χ1v) is 8.70. The number of aromatic nitrogens is 2. The van der Waals surface area contributed by atoms with Crippen LogP contribution in [0.1, 0.15) is 66.2 Å².